The summed E-state index contributed by atoms with van der Waals surface area (Å²) in [5.41, 5.74) is 1.01. The molecule has 0 aliphatic heterocycles. The van der Waals surface area contributed by atoms with Crippen molar-refractivity contribution in [3.05, 3.63) is 29.8 Å². The summed E-state index contributed by atoms with van der Waals surface area (Å²) in [5.74, 6) is -0.0166. The molecule has 0 radical (unpaired) electrons. The maximum absolute atomic E-state index is 12.7. The van der Waals surface area contributed by atoms with Crippen LogP contribution < -0.4 is 0 Å². The number of ether oxygens (including phenoxy) is 1. The first-order valence-electron chi connectivity index (χ1n) is 4.54. The zero-order valence-corrected chi connectivity index (χ0v) is 7.53. The van der Waals surface area contributed by atoms with E-state index in [0.717, 1.165) is 18.6 Å². The van der Waals surface area contributed by atoms with Crippen molar-refractivity contribution in [2.75, 3.05) is 6.61 Å². The van der Waals surface area contributed by atoms with Gasteiger partial charge in [0.1, 0.15) is 0 Å². The van der Waals surface area contributed by atoms with Crippen molar-refractivity contribution in [2.24, 2.45) is 0 Å². The molecule has 1 saturated carbocycles. The molecular formula is C10H12FNO. The lowest BCUT2D eigenvalue weighted by Gasteiger charge is -1.99. The molecule has 1 aliphatic rings. The highest BCUT2D eigenvalue weighted by Gasteiger charge is 2.39. The Kier molecular flexibility index (Phi) is 2.27. The fourth-order valence-corrected chi connectivity index (χ4v) is 1.57. The van der Waals surface area contributed by atoms with Crippen molar-refractivity contribution in [2.45, 2.75) is 25.4 Å². The highest BCUT2D eigenvalue weighted by molar-refractivity contribution is 5.24. The van der Waals surface area contributed by atoms with E-state index in [2.05, 4.69) is 4.98 Å². The third-order valence-corrected chi connectivity index (χ3v) is 2.29. The van der Waals surface area contributed by atoms with Gasteiger partial charge in [-0.05, 0) is 31.0 Å². The van der Waals surface area contributed by atoms with E-state index < -0.39 is 5.95 Å². The quantitative estimate of drug-likeness (QED) is 0.666. The fraction of sp³-hybridized carbons (Fsp3) is 0.500. The standard InChI is InChI=1S/C10H12FNO/c1-2-13-9-6-8(9)7-3-4-12-10(11)5-7/h3-5,8-9H,2,6H2,1H3/t8-,9+/m1/s1. The number of hydrogen-bond acceptors (Lipinski definition) is 2. The van der Waals surface area contributed by atoms with Gasteiger partial charge in [0.15, 0.2) is 0 Å². The normalized spacial score (nSPS) is 26.0. The maximum Gasteiger partial charge on any atom is 0.213 e. The molecule has 0 spiro atoms. The summed E-state index contributed by atoms with van der Waals surface area (Å²) in [4.78, 5) is 3.51. The van der Waals surface area contributed by atoms with Crippen molar-refractivity contribution >= 4 is 0 Å². The van der Waals surface area contributed by atoms with Gasteiger partial charge in [-0.2, -0.15) is 4.39 Å². The Hall–Kier alpha value is -0.960. The Morgan fingerprint density at radius 3 is 3.23 bits per heavy atom. The van der Waals surface area contributed by atoms with Crippen molar-refractivity contribution in [1.82, 2.24) is 4.98 Å². The van der Waals surface area contributed by atoms with Crippen LogP contribution in [0.15, 0.2) is 18.3 Å². The summed E-state index contributed by atoms with van der Waals surface area (Å²) in [6, 6.07) is 3.34. The van der Waals surface area contributed by atoms with Crippen LogP contribution in [0.3, 0.4) is 0 Å². The van der Waals surface area contributed by atoms with Crippen LogP contribution in [0.2, 0.25) is 0 Å². The second kappa shape index (κ2) is 3.42. The van der Waals surface area contributed by atoms with Gasteiger partial charge in [0.2, 0.25) is 5.95 Å². The molecule has 0 unspecified atom stereocenters. The lowest BCUT2D eigenvalue weighted by molar-refractivity contribution is 0.128. The molecule has 0 amide bonds. The minimum Gasteiger partial charge on any atom is -0.378 e. The fourth-order valence-electron chi connectivity index (χ4n) is 1.57. The average molecular weight is 181 g/mol. The SMILES string of the molecule is CCO[C@H]1C[C@@H]1c1ccnc(F)c1. The lowest BCUT2D eigenvalue weighted by Crippen LogP contribution is -1.96. The molecule has 3 heteroatoms. The van der Waals surface area contributed by atoms with Crippen molar-refractivity contribution in [3.63, 3.8) is 0 Å². The van der Waals surface area contributed by atoms with E-state index in [0.29, 0.717) is 12.0 Å². The minimum atomic E-state index is -0.403. The third kappa shape index (κ3) is 1.86. The van der Waals surface area contributed by atoms with Crippen LogP contribution in [0.4, 0.5) is 4.39 Å². The molecule has 1 aliphatic carbocycles. The van der Waals surface area contributed by atoms with Gasteiger partial charge in [-0.3, -0.25) is 0 Å². The Balaban J connectivity index is 2.03. The molecule has 0 bridgehead atoms. The molecule has 1 aromatic heterocycles. The van der Waals surface area contributed by atoms with Gasteiger partial charge in [-0.25, -0.2) is 4.98 Å². The summed E-state index contributed by atoms with van der Waals surface area (Å²) < 4.78 is 18.1. The predicted molar refractivity (Wildman–Crippen MR) is 47.0 cm³/mol. The summed E-state index contributed by atoms with van der Waals surface area (Å²) in [6.45, 7) is 2.71. The predicted octanol–water partition coefficient (Wildman–Crippen LogP) is 2.11. The molecule has 2 nitrogen and oxygen atoms in total. The second-order valence-electron chi connectivity index (χ2n) is 3.25. The van der Waals surface area contributed by atoms with Gasteiger partial charge in [0, 0.05) is 18.7 Å². The molecule has 0 saturated heterocycles. The molecule has 1 aromatic rings. The van der Waals surface area contributed by atoms with Crippen LogP contribution in [0.1, 0.15) is 24.8 Å². The molecule has 2 atom stereocenters. The maximum atomic E-state index is 12.7. The Bertz CT molecular complexity index is 303. The van der Waals surface area contributed by atoms with E-state index in [4.69, 9.17) is 4.74 Å². The molecule has 1 heterocycles. The van der Waals surface area contributed by atoms with Crippen molar-refractivity contribution in [1.29, 1.82) is 0 Å². The van der Waals surface area contributed by atoms with Gasteiger partial charge in [0.25, 0.3) is 0 Å². The summed E-state index contributed by atoms with van der Waals surface area (Å²) in [6.07, 6.45) is 2.82. The van der Waals surface area contributed by atoms with E-state index in [9.17, 15) is 4.39 Å². The summed E-state index contributed by atoms with van der Waals surface area (Å²) in [5, 5.41) is 0. The number of nitrogens with zero attached hydrogens (tertiary/aromatic N) is 1. The summed E-state index contributed by atoms with van der Waals surface area (Å²) >= 11 is 0. The highest BCUT2D eigenvalue weighted by Crippen LogP contribution is 2.43. The van der Waals surface area contributed by atoms with Crippen molar-refractivity contribution in [3.8, 4) is 0 Å². The number of pyridine rings is 1. The van der Waals surface area contributed by atoms with Crippen LogP contribution >= 0.6 is 0 Å². The number of hydrogen-bond donors (Lipinski definition) is 0. The Morgan fingerprint density at radius 1 is 1.69 bits per heavy atom. The molecule has 70 valence electrons. The first-order valence-corrected chi connectivity index (χ1v) is 4.54. The third-order valence-electron chi connectivity index (χ3n) is 2.29. The second-order valence-corrected chi connectivity index (χ2v) is 3.25. The van der Waals surface area contributed by atoms with Gasteiger partial charge < -0.3 is 4.74 Å². The largest absolute Gasteiger partial charge is 0.378 e. The highest BCUT2D eigenvalue weighted by atomic mass is 19.1. The average Bonchev–Trinajstić information content (AvgIpc) is 2.85. The molecule has 1 fully saturated rings. The smallest absolute Gasteiger partial charge is 0.213 e. The van der Waals surface area contributed by atoms with Crippen LogP contribution in [0.5, 0.6) is 0 Å². The zero-order valence-electron chi connectivity index (χ0n) is 7.53. The van der Waals surface area contributed by atoms with Gasteiger partial charge in [0.05, 0.1) is 6.10 Å². The topological polar surface area (TPSA) is 22.1 Å². The van der Waals surface area contributed by atoms with E-state index in [1.165, 1.54) is 12.3 Å². The van der Waals surface area contributed by atoms with E-state index in [1.807, 2.05) is 13.0 Å². The van der Waals surface area contributed by atoms with Crippen LogP contribution in [-0.2, 0) is 4.74 Å². The van der Waals surface area contributed by atoms with Gasteiger partial charge >= 0.3 is 0 Å². The van der Waals surface area contributed by atoms with Gasteiger partial charge in [-0.1, -0.05) is 0 Å². The van der Waals surface area contributed by atoms with E-state index >= 15 is 0 Å². The molecular weight excluding hydrogens is 169 g/mol. The van der Waals surface area contributed by atoms with E-state index in [-0.39, 0.29) is 0 Å². The van der Waals surface area contributed by atoms with Crippen LogP contribution in [0.25, 0.3) is 0 Å². The van der Waals surface area contributed by atoms with Crippen LogP contribution in [0, 0.1) is 5.95 Å². The minimum absolute atomic E-state index is 0.298. The Labute approximate surface area is 76.7 Å². The van der Waals surface area contributed by atoms with Crippen molar-refractivity contribution < 1.29 is 9.13 Å². The molecule has 0 N–H and O–H groups in total. The number of halogens is 1. The lowest BCUT2D eigenvalue weighted by atomic mass is 10.2. The summed E-state index contributed by atoms with van der Waals surface area (Å²) in [7, 11) is 0. The van der Waals surface area contributed by atoms with E-state index in [1.54, 1.807) is 0 Å². The monoisotopic (exact) mass is 181 g/mol. The first-order chi connectivity index (χ1) is 6.31. The molecule has 2 rings (SSSR count). The number of rotatable bonds is 3. The van der Waals surface area contributed by atoms with Gasteiger partial charge in [-0.15, -0.1) is 0 Å². The molecule has 0 aromatic carbocycles. The first kappa shape index (κ1) is 8.63. The number of aromatic nitrogens is 1. The zero-order chi connectivity index (χ0) is 9.26. The molecule has 13 heavy (non-hydrogen) atoms. The van der Waals surface area contributed by atoms with Crippen LogP contribution in [-0.4, -0.2) is 17.7 Å². The Morgan fingerprint density at radius 2 is 2.54 bits per heavy atom.